The van der Waals surface area contributed by atoms with Gasteiger partial charge in [0.1, 0.15) is 17.5 Å². The Morgan fingerprint density at radius 1 is 1.19 bits per heavy atom. The highest BCUT2D eigenvalue weighted by Gasteiger charge is 2.16. The van der Waals surface area contributed by atoms with E-state index in [1.54, 1.807) is 14.0 Å². The third kappa shape index (κ3) is 3.26. The Bertz CT molecular complexity index is 660. The van der Waals surface area contributed by atoms with E-state index < -0.39 is 11.6 Å². The monoisotopic (exact) mass is 293 g/mol. The normalized spacial score (nSPS) is 10.8. The number of nitrogens with zero attached hydrogens (tertiary/aromatic N) is 2. The van der Waals surface area contributed by atoms with Gasteiger partial charge in [0.25, 0.3) is 0 Å². The van der Waals surface area contributed by atoms with E-state index in [9.17, 15) is 8.78 Å². The molecule has 1 heterocycles. The molecule has 6 heteroatoms. The number of hydrogen-bond donors (Lipinski definition) is 1. The molecule has 0 aliphatic rings. The van der Waals surface area contributed by atoms with Gasteiger partial charge in [-0.1, -0.05) is 13.8 Å². The van der Waals surface area contributed by atoms with Gasteiger partial charge in [-0.2, -0.15) is 4.98 Å². The van der Waals surface area contributed by atoms with Crippen molar-refractivity contribution < 1.29 is 13.5 Å². The van der Waals surface area contributed by atoms with E-state index >= 15 is 0 Å². The first-order chi connectivity index (χ1) is 9.92. The topological polar surface area (TPSA) is 47.0 Å². The van der Waals surface area contributed by atoms with Crippen LogP contribution in [-0.2, 0) is 0 Å². The standard InChI is InChI=1S/C15H17F2N3O/c1-8(2)13-19-14(18-4)9(3)15(20-13)21-12-7-10(16)5-6-11(12)17/h5-8H,1-4H3,(H,18,19,20). The molecule has 0 aliphatic heterocycles. The van der Waals surface area contributed by atoms with Crippen LogP contribution in [0.1, 0.15) is 31.2 Å². The zero-order valence-electron chi connectivity index (χ0n) is 12.4. The van der Waals surface area contributed by atoms with E-state index in [1.165, 1.54) is 0 Å². The lowest BCUT2D eigenvalue weighted by molar-refractivity contribution is 0.416. The number of hydrogen-bond acceptors (Lipinski definition) is 4. The van der Waals surface area contributed by atoms with Gasteiger partial charge in [0.15, 0.2) is 11.6 Å². The van der Waals surface area contributed by atoms with E-state index in [-0.39, 0.29) is 17.5 Å². The number of halogens is 2. The van der Waals surface area contributed by atoms with Crippen LogP contribution in [0.2, 0.25) is 0 Å². The van der Waals surface area contributed by atoms with E-state index in [1.807, 2.05) is 13.8 Å². The maximum atomic E-state index is 13.7. The smallest absolute Gasteiger partial charge is 0.227 e. The second kappa shape index (κ2) is 6.03. The molecule has 1 aromatic heterocycles. The molecule has 112 valence electrons. The summed E-state index contributed by atoms with van der Waals surface area (Å²) in [6, 6.07) is 3.04. The van der Waals surface area contributed by atoms with Crippen LogP contribution in [0, 0.1) is 18.6 Å². The third-order valence-corrected chi connectivity index (χ3v) is 2.97. The van der Waals surface area contributed by atoms with Crippen LogP contribution in [0.15, 0.2) is 18.2 Å². The van der Waals surface area contributed by atoms with Crippen LogP contribution in [0.3, 0.4) is 0 Å². The second-order valence-electron chi connectivity index (χ2n) is 4.94. The number of nitrogens with one attached hydrogen (secondary N) is 1. The molecule has 0 bridgehead atoms. The molecule has 0 fully saturated rings. The molecule has 21 heavy (non-hydrogen) atoms. The molecule has 0 unspecified atom stereocenters. The lowest BCUT2D eigenvalue weighted by Crippen LogP contribution is -2.07. The quantitative estimate of drug-likeness (QED) is 0.925. The Hall–Kier alpha value is -2.24. The highest BCUT2D eigenvalue weighted by molar-refractivity contribution is 5.49. The fourth-order valence-electron chi connectivity index (χ4n) is 1.77. The minimum absolute atomic E-state index is 0.0809. The Balaban J connectivity index is 2.47. The molecule has 0 atom stereocenters. The molecular weight excluding hydrogens is 276 g/mol. The molecule has 1 N–H and O–H groups in total. The molecule has 0 radical (unpaired) electrons. The van der Waals surface area contributed by atoms with Gasteiger partial charge in [0, 0.05) is 19.0 Å². The SMILES string of the molecule is CNc1nc(C(C)C)nc(Oc2cc(F)ccc2F)c1C. The van der Waals surface area contributed by atoms with Crippen molar-refractivity contribution in [3.05, 3.63) is 41.2 Å². The molecule has 0 aliphatic carbocycles. The predicted octanol–water partition coefficient (Wildman–Crippen LogP) is 4.02. The summed E-state index contributed by atoms with van der Waals surface area (Å²) in [5.41, 5.74) is 0.630. The lowest BCUT2D eigenvalue weighted by atomic mass is 10.2. The fourth-order valence-corrected chi connectivity index (χ4v) is 1.77. The molecule has 0 saturated heterocycles. The molecular formula is C15H17F2N3O. The maximum absolute atomic E-state index is 13.7. The number of rotatable bonds is 4. The number of aromatic nitrogens is 2. The second-order valence-corrected chi connectivity index (χ2v) is 4.94. The Morgan fingerprint density at radius 2 is 1.90 bits per heavy atom. The Kier molecular flexibility index (Phi) is 4.35. The van der Waals surface area contributed by atoms with E-state index in [2.05, 4.69) is 15.3 Å². The lowest BCUT2D eigenvalue weighted by Gasteiger charge is -2.14. The Morgan fingerprint density at radius 3 is 2.52 bits per heavy atom. The zero-order valence-corrected chi connectivity index (χ0v) is 12.4. The van der Waals surface area contributed by atoms with Crippen LogP contribution >= 0.6 is 0 Å². The summed E-state index contributed by atoms with van der Waals surface area (Å²) < 4.78 is 32.3. The molecule has 2 rings (SSSR count). The molecule has 0 saturated carbocycles. The summed E-state index contributed by atoms with van der Waals surface area (Å²) in [4.78, 5) is 8.65. The molecule has 1 aromatic carbocycles. The van der Waals surface area contributed by atoms with Crippen molar-refractivity contribution >= 4 is 5.82 Å². The molecule has 2 aromatic rings. The van der Waals surface area contributed by atoms with Gasteiger partial charge in [-0.25, -0.2) is 13.8 Å². The van der Waals surface area contributed by atoms with Gasteiger partial charge in [0.2, 0.25) is 5.88 Å². The van der Waals surface area contributed by atoms with Gasteiger partial charge >= 0.3 is 0 Å². The van der Waals surface area contributed by atoms with Crippen LogP contribution in [-0.4, -0.2) is 17.0 Å². The summed E-state index contributed by atoms with van der Waals surface area (Å²) in [5.74, 6) is 0.0355. The minimum Gasteiger partial charge on any atom is -0.435 e. The first-order valence-electron chi connectivity index (χ1n) is 6.61. The summed E-state index contributed by atoms with van der Waals surface area (Å²) in [5, 5.41) is 2.94. The average molecular weight is 293 g/mol. The van der Waals surface area contributed by atoms with Crippen molar-refractivity contribution in [1.82, 2.24) is 9.97 Å². The number of ether oxygens (including phenoxy) is 1. The van der Waals surface area contributed by atoms with Crippen molar-refractivity contribution in [1.29, 1.82) is 0 Å². The van der Waals surface area contributed by atoms with Gasteiger partial charge < -0.3 is 10.1 Å². The number of benzene rings is 1. The van der Waals surface area contributed by atoms with E-state index in [0.717, 1.165) is 18.2 Å². The first kappa shape index (κ1) is 15.2. The summed E-state index contributed by atoms with van der Waals surface area (Å²) in [6.07, 6.45) is 0. The predicted molar refractivity (Wildman–Crippen MR) is 76.8 cm³/mol. The van der Waals surface area contributed by atoms with Crippen LogP contribution < -0.4 is 10.1 Å². The highest BCUT2D eigenvalue weighted by atomic mass is 19.1. The molecule has 4 nitrogen and oxygen atoms in total. The van der Waals surface area contributed by atoms with Crippen molar-refractivity contribution in [2.24, 2.45) is 0 Å². The zero-order chi connectivity index (χ0) is 15.6. The van der Waals surface area contributed by atoms with Crippen molar-refractivity contribution in [3.63, 3.8) is 0 Å². The van der Waals surface area contributed by atoms with Gasteiger partial charge in [-0.05, 0) is 19.1 Å². The third-order valence-electron chi connectivity index (χ3n) is 2.97. The van der Waals surface area contributed by atoms with Gasteiger partial charge in [-0.15, -0.1) is 0 Å². The minimum atomic E-state index is -0.647. The Labute approximate surface area is 122 Å². The van der Waals surface area contributed by atoms with Crippen LogP contribution in [0.5, 0.6) is 11.6 Å². The first-order valence-corrected chi connectivity index (χ1v) is 6.61. The maximum Gasteiger partial charge on any atom is 0.227 e. The van der Waals surface area contributed by atoms with Crippen LogP contribution in [0.25, 0.3) is 0 Å². The van der Waals surface area contributed by atoms with Crippen molar-refractivity contribution in [2.45, 2.75) is 26.7 Å². The summed E-state index contributed by atoms with van der Waals surface area (Å²) in [7, 11) is 1.73. The molecule has 0 spiro atoms. The van der Waals surface area contributed by atoms with Gasteiger partial charge in [0.05, 0.1) is 5.56 Å². The van der Waals surface area contributed by atoms with Gasteiger partial charge in [-0.3, -0.25) is 0 Å². The molecule has 0 amide bonds. The summed E-state index contributed by atoms with van der Waals surface area (Å²) >= 11 is 0. The average Bonchev–Trinajstić information content (AvgIpc) is 2.44. The van der Waals surface area contributed by atoms with Crippen molar-refractivity contribution in [2.75, 3.05) is 12.4 Å². The van der Waals surface area contributed by atoms with E-state index in [0.29, 0.717) is 17.2 Å². The highest BCUT2D eigenvalue weighted by Crippen LogP contribution is 2.30. The fraction of sp³-hybridized carbons (Fsp3) is 0.333. The van der Waals surface area contributed by atoms with Crippen molar-refractivity contribution in [3.8, 4) is 11.6 Å². The van der Waals surface area contributed by atoms with Crippen LogP contribution in [0.4, 0.5) is 14.6 Å². The van der Waals surface area contributed by atoms with E-state index in [4.69, 9.17) is 4.74 Å². The largest absolute Gasteiger partial charge is 0.435 e. The number of anilines is 1. The summed E-state index contributed by atoms with van der Waals surface area (Å²) in [6.45, 7) is 5.63.